The van der Waals surface area contributed by atoms with Crippen LogP contribution in [0.2, 0.25) is 0 Å². The van der Waals surface area contributed by atoms with Crippen LogP contribution in [-0.4, -0.2) is 45.4 Å². The first-order valence-corrected chi connectivity index (χ1v) is 8.98. The van der Waals surface area contributed by atoms with Crippen LogP contribution in [0.3, 0.4) is 0 Å². The standard InChI is InChI=1S/C21H24N2O5/c1-13-5-6-15(9-14(13)2)20(24)22-11-17-12-23(21(25)28-17)16-7-8-18(26-3)19(10-16)27-4/h5-10,17H,11-12H2,1-4H3,(H,22,24). The van der Waals surface area contributed by atoms with Crippen molar-refractivity contribution in [2.75, 3.05) is 32.2 Å². The lowest BCUT2D eigenvalue weighted by atomic mass is 10.1. The number of ether oxygens (including phenoxy) is 3. The number of anilines is 1. The number of rotatable bonds is 6. The number of carbonyl (C=O) groups is 2. The van der Waals surface area contributed by atoms with E-state index >= 15 is 0 Å². The highest BCUT2D eigenvalue weighted by atomic mass is 16.6. The smallest absolute Gasteiger partial charge is 0.414 e. The van der Waals surface area contributed by atoms with Gasteiger partial charge in [0.2, 0.25) is 0 Å². The molecule has 148 valence electrons. The van der Waals surface area contributed by atoms with E-state index in [-0.39, 0.29) is 12.5 Å². The highest BCUT2D eigenvalue weighted by Gasteiger charge is 2.33. The predicted molar refractivity (Wildman–Crippen MR) is 105 cm³/mol. The van der Waals surface area contributed by atoms with Crippen LogP contribution < -0.4 is 19.7 Å². The van der Waals surface area contributed by atoms with Crippen molar-refractivity contribution in [2.45, 2.75) is 20.0 Å². The number of nitrogens with one attached hydrogen (secondary N) is 1. The molecule has 3 rings (SSSR count). The Labute approximate surface area is 164 Å². The first-order valence-electron chi connectivity index (χ1n) is 8.98. The number of amides is 2. The number of hydrogen-bond acceptors (Lipinski definition) is 5. The lowest BCUT2D eigenvalue weighted by Crippen LogP contribution is -2.34. The second kappa shape index (κ2) is 8.21. The van der Waals surface area contributed by atoms with Gasteiger partial charge in [-0.15, -0.1) is 0 Å². The number of benzene rings is 2. The van der Waals surface area contributed by atoms with Crippen LogP contribution in [0.1, 0.15) is 21.5 Å². The van der Waals surface area contributed by atoms with Gasteiger partial charge in [0.25, 0.3) is 5.91 Å². The molecular formula is C21H24N2O5. The van der Waals surface area contributed by atoms with E-state index in [1.807, 2.05) is 26.0 Å². The molecule has 1 aliphatic rings. The third kappa shape index (κ3) is 4.03. The average Bonchev–Trinajstić information content (AvgIpc) is 3.08. The van der Waals surface area contributed by atoms with Gasteiger partial charge in [-0.25, -0.2) is 4.79 Å². The van der Waals surface area contributed by atoms with Gasteiger partial charge in [-0.3, -0.25) is 9.69 Å². The molecule has 2 amide bonds. The van der Waals surface area contributed by atoms with Crippen molar-refractivity contribution >= 4 is 17.7 Å². The number of methoxy groups -OCH3 is 2. The molecule has 0 radical (unpaired) electrons. The zero-order chi connectivity index (χ0) is 20.3. The summed E-state index contributed by atoms with van der Waals surface area (Å²) in [6.45, 7) is 4.53. The van der Waals surface area contributed by atoms with Crippen molar-refractivity contribution in [1.82, 2.24) is 5.32 Å². The molecule has 7 nitrogen and oxygen atoms in total. The lowest BCUT2D eigenvalue weighted by molar-refractivity contribution is 0.0916. The highest BCUT2D eigenvalue weighted by molar-refractivity contribution is 5.94. The van der Waals surface area contributed by atoms with Gasteiger partial charge in [0.15, 0.2) is 11.5 Å². The van der Waals surface area contributed by atoms with Crippen LogP contribution in [0, 0.1) is 13.8 Å². The molecule has 28 heavy (non-hydrogen) atoms. The monoisotopic (exact) mass is 384 g/mol. The molecule has 0 aliphatic carbocycles. The van der Waals surface area contributed by atoms with Gasteiger partial charge >= 0.3 is 6.09 Å². The number of hydrogen-bond donors (Lipinski definition) is 1. The Morgan fingerprint density at radius 3 is 2.54 bits per heavy atom. The number of cyclic esters (lactones) is 1. The van der Waals surface area contributed by atoms with Crippen LogP contribution in [-0.2, 0) is 4.74 Å². The summed E-state index contributed by atoms with van der Waals surface area (Å²) >= 11 is 0. The van der Waals surface area contributed by atoms with E-state index in [9.17, 15) is 9.59 Å². The summed E-state index contributed by atoms with van der Waals surface area (Å²) in [6, 6.07) is 10.8. The summed E-state index contributed by atoms with van der Waals surface area (Å²) in [4.78, 5) is 26.1. The Bertz CT molecular complexity index is 896. The van der Waals surface area contributed by atoms with E-state index in [0.717, 1.165) is 11.1 Å². The highest BCUT2D eigenvalue weighted by Crippen LogP contribution is 2.33. The predicted octanol–water partition coefficient (Wildman–Crippen LogP) is 3.08. The summed E-state index contributed by atoms with van der Waals surface area (Å²) in [5.41, 5.74) is 3.42. The topological polar surface area (TPSA) is 77.1 Å². The van der Waals surface area contributed by atoms with E-state index in [1.54, 1.807) is 31.4 Å². The molecule has 7 heteroatoms. The third-order valence-electron chi connectivity index (χ3n) is 4.81. The first kappa shape index (κ1) is 19.5. The Hall–Kier alpha value is -3.22. The molecule has 1 fully saturated rings. The molecule has 2 aromatic carbocycles. The average molecular weight is 384 g/mol. The molecule has 1 aliphatic heterocycles. The first-order chi connectivity index (χ1) is 13.4. The molecule has 2 aromatic rings. The van der Waals surface area contributed by atoms with E-state index in [0.29, 0.717) is 29.3 Å². The van der Waals surface area contributed by atoms with Crippen molar-refractivity contribution in [3.8, 4) is 11.5 Å². The molecule has 1 unspecified atom stereocenters. The Balaban J connectivity index is 1.63. The third-order valence-corrected chi connectivity index (χ3v) is 4.81. The van der Waals surface area contributed by atoms with E-state index in [1.165, 1.54) is 12.0 Å². The maximum absolute atomic E-state index is 12.4. The SMILES string of the molecule is COc1ccc(N2CC(CNC(=O)c3ccc(C)c(C)c3)OC2=O)cc1OC. The van der Waals surface area contributed by atoms with Gasteiger partial charge in [0.1, 0.15) is 6.10 Å². The number of carbonyl (C=O) groups excluding carboxylic acids is 2. The van der Waals surface area contributed by atoms with Crippen LogP contribution in [0.25, 0.3) is 0 Å². The van der Waals surface area contributed by atoms with Crippen LogP contribution >= 0.6 is 0 Å². The molecule has 0 bridgehead atoms. The van der Waals surface area contributed by atoms with Crippen molar-refractivity contribution in [3.63, 3.8) is 0 Å². The molecule has 1 heterocycles. The molecule has 0 spiro atoms. The maximum atomic E-state index is 12.4. The van der Waals surface area contributed by atoms with Crippen molar-refractivity contribution in [2.24, 2.45) is 0 Å². The van der Waals surface area contributed by atoms with Crippen molar-refractivity contribution in [3.05, 3.63) is 53.1 Å². The minimum absolute atomic E-state index is 0.191. The quantitative estimate of drug-likeness (QED) is 0.828. The van der Waals surface area contributed by atoms with Crippen molar-refractivity contribution in [1.29, 1.82) is 0 Å². The minimum Gasteiger partial charge on any atom is -0.493 e. The molecule has 0 aromatic heterocycles. The van der Waals surface area contributed by atoms with E-state index in [2.05, 4.69) is 5.32 Å². The fourth-order valence-corrected chi connectivity index (χ4v) is 3.02. The van der Waals surface area contributed by atoms with Crippen LogP contribution in [0.5, 0.6) is 11.5 Å². The van der Waals surface area contributed by atoms with Gasteiger partial charge in [-0.1, -0.05) is 6.07 Å². The summed E-state index contributed by atoms with van der Waals surface area (Å²) in [6.07, 6.45) is -0.895. The van der Waals surface area contributed by atoms with E-state index in [4.69, 9.17) is 14.2 Å². The van der Waals surface area contributed by atoms with Gasteiger partial charge in [-0.2, -0.15) is 0 Å². The molecular weight excluding hydrogens is 360 g/mol. The lowest BCUT2D eigenvalue weighted by Gasteiger charge is -2.16. The minimum atomic E-state index is -0.461. The number of aryl methyl sites for hydroxylation is 2. The fourth-order valence-electron chi connectivity index (χ4n) is 3.02. The van der Waals surface area contributed by atoms with Gasteiger partial charge in [0.05, 0.1) is 33.0 Å². The zero-order valence-corrected chi connectivity index (χ0v) is 16.4. The normalized spacial score (nSPS) is 15.9. The van der Waals surface area contributed by atoms with Crippen LogP contribution in [0.4, 0.5) is 10.5 Å². The summed E-state index contributed by atoms with van der Waals surface area (Å²) in [7, 11) is 3.09. The fraction of sp³-hybridized carbons (Fsp3) is 0.333. The largest absolute Gasteiger partial charge is 0.493 e. The molecule has 1 N–H and O–H groups in total. The maximum Gasteiger partial charge on any atom is 0.414 e. The second-order valence-electron chi connectivity index (χ2n) is 6.66. The van der Waals surface area contributed by atoms with Gasteiger partial charge < -0.3 is 19.5 Å². The van der Waals surface area contributed by atoms with Gasteiger partial charge in [0, 0.05) is 11.6 Å². The zero-order valence-electron chi connectivity index (χ0n) is 16.4. The Kier molecular flexibility index (Phi) is 5.73. The van der Waals surface area contributed by atoms with Gasteiger partial charge in [-0.05, 0) is 49.2 Å². The van der Waals surface area contributed by atoms with Crippen molar-refractivity contribution < 1.29 is 23.8 Å². The molecule has 0 saturated carbocycles. The summed E-state index contributed by atoms with van der Waals surface area (Å²) in [5.74, 6) is 0.916. The van der Waals surface area contributed by atoms with E-state index < -0.39 is 12.2 Å². The summed E-state index contributed by atoms with van der Waals surface area (Å²) in [5, 5.41) is 2.83. The second-order valence-corrected chi connectivity index (χ2v) is 6.66. The Morgan fingerprint density at radius 1 is 1.11 bits per heavy atom. The number of nitrogens with zero attached hydrogens (tertiary/aromatic N) is 1. The van der Waals surface area contributed by atoms with Crippen LogP contribution in [0.15, 0.2) is 36.4 Å². The summed E-state index contributed by atoms with van der Waals surface area (Å²) < 4.78 is 15.9. The Morgan fingerprint density at radius 2 is 1.86 bits per heavy atom. The molecule has 1 atom stereocenters. The molecule has 1 saturated heterocycles.